The van der Waals surface area contributed by atoms with E-state index in [1.54, 1.807) is 30.4 Å². The highest BCUT2D eigenvalue weighted by Gasteiger charge is 2.18. The second kappa shape index (κ2) is 8.57. The number of halogens is 1. The van der Waals surface area contributed by atoms with Crippen LogP contribution in [0.4, 0.5) is 10.8 Å². The molecule has 6 nitrogen and oxygen atoms in total. The Labute approximate surface area is 178 Å². The van der Waals surface area contributed by atoms with Crippen molar-refractivity contribution in [2.75, 3.05) is 36.5 Å². The molecule has 0 spiro atoms. The minimum atomic E-state index is -0.643. The summed E-state index contributed by atoms with van der Waals surface area (Å²) in [5, 5.41) is 4.56. The van der Waals surface area contributed by atoms with E-state index >= 15 is 0 Å². The van der Waals surface area contributed by atoms with Gasteiger partial charge in [0.25, 0.3) is 5.91 Å². The van der Waals surface area contributed by atoms with Gasteiger partial charge in [-0.15, -0.1) is 0 Å². The van der Waals surface area contributed by atoms with E-state index in [4.69, 9.17) is 26.1 Å². The summed E-state index contributed by atoms with van der Waals surface area (Å²) >= 11 is 7.60. The molecule has 1 saturated heterocycles. The van der Waals surface area contributed by atoms with E-state index in [9.17, 15) is 4.79 Å². The number of aryl methyl sites for hydroxylation is 1. The number of anilines is 2. The Kier molecular flexibility index (Phi) is 5.89. The molecule has 1 aliphatic heterocycles. The summed E-state index contributed by atoms with van der Waals surface area (Å²) < 4.78 is 12.2. The number of nitrogens with zero attached hydrogens (tertiary/aromatic N) is 2. The number of carbonyl (C=O) groups is 1. The number of carbonyl (C=O) groups excluding carboxylic acids is 1. The van der Waals surface area contributed by atoms with Crippen molar-refractivity contribution < 1.29 is 14.3 Å². The van der Waals surface area contributed by atoms with Crippen LogP contribution in [0, 0.1) is 6.92 Å². The highest BCUT2D eigenvalue weighted by atomic mass is 35.5. The third kappa shape index (κ3) is 4.63. The first-order valence-corrected chi connectivity index (χ1v) is 10.7. The summed E-state index contributed by atoms with van der Waals surface area (Å²) in [6.07, 6.45) is -0.643. The molecular formula is C21H22ClN3O3S. The Morgan fingerprint density at radius 1 is 1.28 bits per heavy atom. The second-order valence-electron chi connectivity index (χ2n) is 6.94. The number of benzene rings is 2. The molecule has 2 heterocycles. The zero-order chi connectivity index (χ0) is 20.4. The quantitative estimate of drug-likeness (QED) is 0.644. The number of hydrogen-bond donors (Lipinski definition) is 1. The molecule has 152 valence electrons. The van der Waals surface area contributed by atoms with Crippen molar-refractivity contribution in [2.24, 2.45) is 0 Å². The van der Waals surface area contributed by atoms with Crippen molar-refractivity contribution in [1.82, 2.24) is 4.98 Å². The maximum absolute atomic E-state index is 12.6. The first-order valence-electron chi connectivity index (χ1n) is 9.46. The predicted octanol–water partition coefficient (Wildman–Crippen LogP) is 4.50. The summed E-state index contributed by atoms with van der Waals surface area (Å²) in [5.41, 5.74) is 2.54. The van der Waals surface area contributed by atoms with Gasteiger partial charge in [0.15, 0.2) is 11.2 Å². The molecule has 1 amide bonds. The van der Waals surface area contributed by atoms with Gasteiger partial charge in [-0.25, -0.2) is 4.98 Å². The fourth-order valence-corrected chi connectivity index (χ4v) is 4.40. The molecule has 1 atom stereocenters. The molecule has 29 heavy (non-hydrogen) atoms. The minimum Gasteiger partial charge on any atom is -0.481 e. The van der Waals surface area contributed by atoms with Crippen molar-refractivity contribution in [2.45, 2.75) is 20.0 Å². The lowest BCUT2D eigenvalue weighted by Crippen LogP contribution is -2.36. The van der Waals surface area contributed by atoms with Crippen molar-refractivity contribution in [1.29, 1.82) is 0 Å². The zero-order valence-electron chi connectivity index (χ0n) is 16.3. The van der Waals surface area contributed by atoms with Gasteiger partial charge in [-0.1, -0.05) is 22.9 Å². The number of rotatable bonds is 5. The number of amides is 1. The lowest BCUT2D eigenvalue weighted by Gasteiger charge is -2.25. The zero-order valence-corrected chi connectivity index (χ0v) is 17.8. The molecule has 1 fully saturated rings. The molecule has 0 saturated carbocycles. The number of nitrogens with one attached hydrogen (secondary N) is 1. The third-order valence-electron chi connectivity index (χ3n) is 4.74. The van der Waals surface area contributed by atoms with Crippen LogP contribution >= 0.6 is 22.9 Å². The molecule has 2 aromatic carbocycles. The fourth-order valence-electron chi connectivity index (χ4n) is 3.11. The highest BCUT2D eigenvalue weighted by Crippen LogP contribution is 2.31. The maximum Gasteiger partial charge on any atom is 0.265 e. The molecule has 0 bridgehead atoms. The fraction of sp³-hybridized carbons (Fsp3) is 0.333. The largest absolute Gasteiger partial charge is 0.481 e. The highest BCUT2D eigenvalue weighted by molar-refractivity contribution is 7.22. The summed E-state index contributed by atoms with van der Waals surface area (Å²) in [4.78, 5) is 19.5. The molecule has 3 aromatic rings. The maximum atomic E-state index is 12.6. The number of hydrogen-bond acceptors (Lipinski definition) is 6. The normalized spacial score (nSPS) is 15.3. The first-order chi connectivity index (χ1) is 14.0. The van der Waals surface area contributed by atoms with Crippen LogP contribution in [0.5, 0.6) is 5.75 Å². The molecule has 8 heteroatoms. The molecule has 1 aromatic heterocycles. The number of thiazole rings is 1. The second-order valence-corrected chi connectivity index (χ2v) is 8.38. The molecule has 1 unspecified atom stereocenters. The van der Waals surface area contributed by atoms with Crippen LogP contribution in [0.1, 0.15) is 12.5 Å². The van der Waals surface area contributed by atoms with Gasteiger partial charge < -0.3 is 19.7 Å². The number of ether oxygens (including phenoxy) is 2. The Hall–Kier alpha value is -2.35. The third-order valence-corrected chi connectivity index (χ3v) is 6.05. The van der Waals surface area contributed by atoms with E-state index < -0.39 is 6.10 Å². The molecular weight excluding hydrogens is 410 g/mol. The van der Waals surface area contributed by atoms with E-state index in [-0.39, 0.29) is 5.91 Å². The average Bonchev–Trinajstić information content (AvgIpc) is 3.14. The van der Waals surface area contributed by atoms with Gasteiger partial charge in [-0.2, -0.15) is 0 Å². The summed E-state index contributed by atoms with van der Waals surface area (Å²) in [5.74, 6) is 0.432. The van der Waals surface area contributed by atoms with Gasteiger partial charge in [-0.05, 0) is 55.8 Å². The van der Waals surface area contributed by atoms with Crippen LogP contribution in [0.25, 0.3) is 10.2 Å². The summed E-state index contributed by atoms with van der Waals surface area (Å²) in [6.45, 7) is 6.77. The van der Waals surface area contributed by atoms with E-state index in [0.29, 0.717) is 10.8 Å². The number of fused-ring (bicyclic) bond motifs is 1. The molecule has 0 radical (unpaired) electrons. The van der Waals surface area contributed by atoms with Gasteiger partial charge >= 0.3 is 0 Å². The van der Waals surface area contributed by atoms with Crippen molar-refractivity contribution in [3.63, 3.8) is 0 Å². The van der Waals surface area contributed by atoms with Crippen LogP contribution in [-0.4, -0.2) is 43.3 Å². The molecule has 4 rings (SSSR count). The first kappa shape index (κ1) is 19.9. The van der Waals surface area contributed by atoms with Crippen molar-refractivity contribution >= 4 is 49.9 Å². The standard InChI is InChI=1S/C21H22ClN3O3S/c1-13-11-15(22)3-6-18(13)28-14(2)20(26)23-16-4-5-17-19(12-16)29-21(24-17)25-7-9-27-10-8-25/h3-6,11-12,14H,7-10H2,1-2H3,(H,23,26). The van der Waals surface area contributed by atoms with Crippen LogP contribution in [0.3, 0.4) is 0 Å². The van der Waals surface area contributed by atoms with E-state index in [1.807, 2.05) is 31.2 Å². The SMILES string of the molecule is Cc1cc(Cl)ccc1OC(C)C(=O)Nc1ccc2nc(N3CCOCC3)sc2c1. The number of aromatic nitrogens is 1. The van der Waals surface area contributed by atoms with Gasteiger partial charge in [-0.3, -0.25) is 4.79 Å². The summed E-state index contributed by atoms with van der Waals surface area (Å²) in [6, 6.07) is 11.1. The van der Waals surface area contributed by atoms with Crippen LogP contribution in [0.2, 0.25) is 5.02 Å². The summed E-state index contributed by atoms with van der Waals surface area (Å²) in [7, 11) is 0. The van der Waals surface area contributed by atoms with E-state index in [2.05, 4.69) is 10.2 Å². The Morgan fingerprint density at radius 2 is 2.07 bits per heavy atom. The van der Waals surface area contributed by atoms with Gasteiger partial charge in [0.2, 0.25) is 0 Å². The van der Waals surface area contributed by atoms with Gasteiger partial charge in [0.1, 0.15) is 5.75 Å². The Bertz CT molecular complexity index is 1030. The van der Waals surface area contributed by atoms with Crippen molar-refractivity contribution in [3.05, 3.63) is 47.0 Å². The van der Waals surface area contributed by atoms with E-state index in [0.717, 1.165) is 52.9 Å². The minimum absolute atomic E-state index is 0.211. The smallest absolute Gasteiger partial charge is 0.265 e. The predicted molar refractivity (Wildman–Crippen MR) is 118 cm³/mol. The van der Waals surface area contributed by atoms with Crippen LogP contribution in [0.15, 0.2) is 36.4 Å². The van der Waals surface area contributed by atoms with Crippen LogP contribution in [-0.2, 0) is 9.53 Å². The molecule has 1 N–H and O–H groups in total. The van der Waals surface area contributed by atoms with Crippen LogP contribution < -0.4 is 15.0 Å². The van der Waals surface area contributed by atoms with Gasteiger partial charge in [0, 0.05) is 23.8 Å². The lowest BCUT2D eigenvalue weighted by molar-refractivity contribution is -0.122. The molecule has 1 aliphatic rings. The van der Waals surface area contributed by atoms with Gasteiger partial charge in [0.05, 0.1) is 23.4 Å². The Balaban J connectivity index is 1.44. The molecule has 0 aliphatic carbocycles. The monoisotopic (exact) mass is 431 g/mol. The lowest BCUT2D eigenvalue weighted by atomic mass is 10.2. The Morgan fingerprint density at radius 3 is 2.83 bits per heavy atom. The number of morpholine rings is 1. The average molecular weight is 432 g/mol. The topological polar surface area (TPSA) is 63.7 Å². The van der Waals surface area contributed by atoms with E-state index in [1.165, 1.54) is 0 Å². The van der Waals surface area contributed by atoms with Crippen molar-refractivity contribution in [3.8, 4) is 5.75 Å².